The third-order valence-electron chi connectivity index (χ3n) is 3.35. The van der Waals surface area contributed by atoms with Gasteiger partial charge in [-0.2, -0.15) is 0 Å². The van der Waals surface area contributed by atoms with Gasteiger partial charge in [0.1, 0.15) is 11.9 Å². The summed E-state index contributed by atoms with van der Waals surface area (Å²) in [5, 5.41) is 0. The monoisotopic (exact) mass is 212 g/mol. The molecule has 0 saturated carbocycles. The lowest BCUT2D eigenvalue weighted by Crippen LogP contribution is -2.16. The Balaban J connectivity index is 2.20. The van der Waals surface area contributed by atoms with Crippen LogP contribution in [0.1, 0.15) is 25.8 Å². The molecule has 0 bridgehead atoms. The number of ether oxygens (including phenoxy) is 1. The molecule has 1 atom stereocenters. The van der Waals surface area contributed by atoms with Gasteiger partial charge in [0.15, 0.2) is 0 Å². The van der Waals surface area contributed by atoms with Crippen molar-refractivity contribution in [3.8, 4) is 5.75 Å². The average molecular weight is 212 g/mol. The van der Waals surface area contributed by atoms with Crippen LogP contribution in [0.25, 0.3) is 5.57 Å². The van der Waals surface area contributed by atoms with Crippen LogP contribution in [0, 0.1) is 5.92 Å². The quantitative estimate of drug-likeness (QED) is 0.687. The summed E-state index contributed by atoms with van der Waals surface area (Å²) in [5.74, 6) is 1.60. The van der Waals surface area contributed by atoms with Crippen LogP contribution in [0.3, 0.4) is 0 Å². The summed E-state index contributed by atoms with van der Waals surface area (Å²) in [5.41, 5.74) is 4.13. The van der Waals surface area contributed by atoms with Crippen LogP contribution >= 0.6 is 0 Å². The Labute approximate surface area is 96.4 Å². The molecule has 2 aliphatic rings. The second kappa shape index (κ2) is 3.51. The number of allylic oxidation sites excluding steroid dienone is 2. The number of hydrogen-bond donors (Lipinski definition) is 0. The van der Waals surface area contributed by atoms with Crippen molar-refractivity contribution in [3.05, 3.63) is 47.6 Å². The van der Waals surface area contributed by atoms with Crippen LogP contribution in [0.2, 0.25) is 0 Å². The molecule has 1 aliphatic carbocycles. The van der Waals surface area contributed by atoms with Gasteiger partial charge >= 0.3 is 0 Å². The highest BCUT2D eigenvalue weighted by atomic mass is 16.5. The number of hydrogen-bond acceptors (Lipinski definition) is 1. The molecule has 0 saturated heterocycles. The minimum Gasteiger partial charge on any atom is -0.485 e. The van der Waals surface area contributed by atoms with E-state index in [0.717, 1.165) is 12.2 Å². The van der Waals surface area contributed by atoms with E-state index in [1.165, 1.54) is 16.7 Å². The van der Waals surface area contributed by atoms with Crippen LogP contribution < -0.4 is 4.74 Å². The average Bonchev–Trinajstić information content (AvgIpc) is 2.66. The lowest BCUT2D eigenvalue weighted by atomic mass is 9.86. The topological polar surface area (TPSA) is 9.23 Å². The molecular formula is C15H16O. The second-order valence-corrected chi connectivity index (χ2v) is 4.76. The molecule has 0 spiro atoms. The van der Waals surface area contributed by atoms with Crippen molar-refractivity contribution in [2.45, 2.75) is 26.4 Å². The fraction of sp³-hybridized carbons (Fsp3) is 0.333. The van der Waals surface area contributed by atoms with Gasteiger partial charge in [-0.05, 0) is 17.6 Å². The predicted octanol–water partition coefficient (Wildman–Crippen LogP) is 3.82. The van der Waals surface area contributed by atoms with Gasteiger partial charge in [0.25, 0.3) is 0 Å². The van der Waals surface area contributed by atoms with Gasteiger partial charge in [0.05, 0.1) is 0 Å². The summed E-state index contributed by atoms with van der Waals surface area (Å²) in [4.78, 5) is 0. The predicted molar refractivity (Wildman–Crippen MR) is 66.4 cm³/mol. The Morgan fingerprint density at radius 2 is 2.06 bits per heavy atom. The Morgan fingerprint density at radius 1 is 1.25 bits per heavy atom. The van der Waals surface area contributed by atoms with Crippen LogP contribution in [-0.4, -0.2) is 6.10 Å². The number of para-hydroxylation sites is 1. The highest BCUT2D eigenvalue weighted by Crippen LogP contribution is 2.44. The molecular weight excluding hydrogens is 196 g/mol. The molecule has 82 valence electrons. The molecule has 1 heteroatoms. The second-order valence-electron chi connectivity index (χ2n) is 4.76. The highest BCUT2D eigenvalue weighted by Gasteiger charge is 2.31. The van der Waals surface area contributed by atoms with E-state index in [9.17, 15) is 0 Å². The van der Waals surface area contributed by atoms with E-state index in [2.05, 4.69) is 44.2 Å². The minimum atomic E-state index is 0.250. The van der Waals surface area contributed by atoms with Crippen LogP contribution in [0.4, 0.5) is 0 Å². The normalized spacial score (nSPS) is 22.1. The molecule has 16 heavy (non-hydrogen) atoms. The van der Waals surface area contributed by atoms with Crippen LogP contribution in [0.5, 0.6) is 5.75 Å². The summed E-state index contributed by atoms with van der Waals surface area (Å²) in [6.45, 7) is 4.49. The molecule has 1 aromatic rings. The number of fused-ring (bicyclic) bond motifs is 3. The van der Waals surface area contributed by atoms with Gasteiger partial charge in [-0.25, -0.2) is 0 Å². The minimum absolute atomic E-state index is 0.250. The molecule has 1 unspecified atom stereocenters. The Kier molecular flexibility index (Phi) is 2.13. The standard InChI is InChI=1S/C15H16O/c1-10(2)11-7-5-9-14-15(11)12-6-3-4-8-13(12)16-14/h3-8,10,14H,9H2,1-2H3. The maximum Gasteiger partial charge on any atom is 0.128 e. The van der Waals surface area contributed by atoms with E-state index in [1.54, 1.807) is 0 Å². The summed E-state index contributed by atoms with van der Waals surface area (Å²) >= 11 is 0. The van der Waals surface area contributed by atoms with E-state index in [4.69, 9.17) is 4.74 Å². The van der Waals surface area contributed by atoms with Gasteiger partial charge in [0.2, 0.25) is 0 Å². The van der Waals surface area contributed by atoms with E-state index in [0.29, 0.717) is 5.92 Å². The van der Waals surface area contributed by atoms with Crippen molar-refractivity contribution in [1.29, 1.82) is 0 Å². The van der Waals surface area contributed by atoms with Crippen molar-refractivity contribution in [1.82, 2.24) is 0 Å². The zero-order valence-corrected chi connectivity index (χ0v) is 9.73. The maximum atomic E-state index is 5.98. The summed E-state index contributed by atoms with van der Waals surface area (Å²) in [7, 11) is 0. The Hall–Kier alpha value is -1.50. The van der Waals surface area contributed by atoms with E-state index in [-0.39, 0.29) is 6.10 Å². The lowest BCUT2D eigenvalue weighted by Gasteiger charge is -2.20. The van der Waals surface area contributed by atoms with Crippen molar-refractivity contribution in [2.24, 2.45) is 5.92 Å². The van der Waals surface area contributed by atoms with Crippen molar-refractivity contribution in [3.63, 3.8) is 0 Å². The summed E-state index contributed by atoms with van der Waals surface area (Å²) in [6.07, 6.45) is 5.75. The number of benzene rings is 1. The van der Waals surface area contributed by atoms with Gasteiger partial charge < -0.3 is 4.74 Å². The van der Waals surface area contributed by atoms with E-state index < -0.39 is 0 Å². The molecule has 1 aromatic carbocycles. The molecule has 0 radical (unpaired) electrons. The van der Waals surface area contributed by atoms with Crippen molar-refractivity contribution in [2.75, 3.05) is 0 Å². The largest absolute Gasteiger partial charge is 0.485 e. The molecule has 1 aliphatic heterocycles. The molecule has 0 amide bonds. The lowest BCUT2D eigenvalue weighted by molar-refractivity contribution is 0.277. The van der Waals surface area contributed by atoms with Crippen LogP contribution in [-0.2, 0) is 0 Å². The molecule has 0 fully saturated rings. The molecule has 0 N–H and O–H groups in total. The fourth-order valence-corrected chi connectivity index (χ4v) is 2.60. The zero-order valence-electron chi connectivity index (χ0n) is 9.73. The highest BCUT2D eigenvalue weighted by molar-refractivity contribution is 5.82. The molecule has 3 rings (SSSR count). The van der Waals surface area contributed by atoms with E-state index >= 15 is 0 Å². The molecule has 0 aromatic heterocycles. The van der Waals surface area contributed by atoms with Gasteiger partial charge in [-0.1, -0.05) is 44.2 Å². The first kappa shape index (κ1) is 9.71. The van der Waals surface area contributed by atoms with Gasteiger partial charge in [-0.3, -0.25) is 0 Å². The van der Waals surface area contributed by atoms with Crippen molar-refractivity contribution < 1.29 is 4.74 Å². The summed E-state index contributed by atoms with van der Waals surface area (Å²) < 4.78 is 5.98. The Morgan fingerprint density at radius 3 is 2.88 bits per heavy atom. The SMILES string of the molecule is CC(C)C1=C2c3ccccc3OC2CC=C1. The summed E-state index contributed by atoms with van der Waals surface area (Å²) in [6, 6.07) is 8.37. The number of rotatable bonds is 1. The van der Waals surface area contributed by atoms with E-state index in [1.807, 2.05) is 6.07 Å². The van der Waals surface area contributed by atoms with Crippen LogP contribution in [0.15, 0.2) is 42.0 Å². The van der Waals surface area contributed by atoms with Crippen molar-refractivity contribution >= 4 is 5.57 Å². The maximum absolute atomic E-state index is 5.98. The zero-order chi connectivity index (χ0) is 11.1. The first-order valence-electron chi connectivity index (χ1n) is 5.94. The Bertz CT molecular complexity index is 480. The van der Waals surface area contributed by atoms with Gasteiger partial charge in [0, 0.05) is 17.6 Å². The molecule has 1 heterocycles. The first-order valence-corrected chi connectivity index (χ1v) is 5.94. The third kappa shape index (κ3) is 1.31. The smallest absolute Gasteiger partial charge is 0.128 e. The first-order chi connectivity index (χ1) is 7.77. The third-order valence-corrected chi connectivity index (χ3v) is 3.35. The van der Waals surface area contributed by atoms with Gasteiger partial charge in [-0.15, -0.1) is 0 Å². The fourth-order valence-electron chi connectivity index (χ4n) is 2.60. The molecule has 1 nitrogen and oxygen atoms in total.